The van der Waals surface area contributed by atoms with Crippen molar-refractivity contribution in [3.63, 3.8) is 0 Å². The van der Waals surface area contributed by atoms with Crippen LogP contribution < -0.4 is 14.8 Å². The van der Waals surface area contributed by atoms with Crippen LogP contribution in [0, 0.1) is 6.92 Å². The summed E-state index contributed by atoms with van der Waals surface area (Å²) in [5.41, 5.74) is 1.73. The maximum atomic E-state index is 12.3. The third-order valence-corrected chi connectivity index (χ3v) is 5.28. The van der Waals surface area contributed by atoms with E-state index in [0.717, 1.165) is 49.8 Å². The minimum atomic E-state index is -0.0351. The van der Waals surface area contributed by atoms with Crippen LogP contribution in [0.15, 0.2) is 42.5 Å². The number of halogens is 1. The van der Waals surface area contributed by atoms with Crippen LogP contribution in [0.1, 0.15) is 5.56 Å². The van der Waals surface area contributed by atoms with Crippen molar-refractivity contribution >= 4 is 23.2 Å². The Labute approximate surface area is 177 Å². The number of carbonyl (C=O) groups is 1. The minimum Gasteiger partial charge on any atom is -0.497 e. The Morgan fingerprint density at radius 1 is 1.03 bits per heavy atom. The number of hydrogen-bond acceptors (Lipinski definition) is 5. The van der Waals surface area contributed by atoms with Gasteiger partial charge in [-0.25, -0.2) is 0 Å². The van der Waals surface area contributed by atoms with Crippen LogP contribution in [0.3, 0.4) is 0 Å². The van der Waals surface area contributed by atoms with Gasteiger partial charge >= 0.3 is 0 Å². The molecule has 3 rings (SSSR count). The van der Waals surface area contributed by atoms with Gasteiger partial charge in [-0.1, -0.05) is 17.7 Å². The van der Waals surface area contributed by atoms with Gasteiger partial charge in [0.05, 0.1) is 24.4 Å². The zero-order valence-electron chi connectivity index (χ0n) is 17.0. The fourth-order valence-electron chi connectivity index (χ4n) is 3.25. The van der Waals surface area contributed by atoms with Gasteiger partial charge in [0.15, 0.2) is 0 Å². The van der Waals surface area contributed by atoms with Crippen LogP contribution in [-0.4, -0.2) is 68.7 Å². The molecule has 1 amide bonds. The molecule has 0 bridgehead atoms. The second-order valence-corrected chi connectivity index (χ2v) is 7.58. The monoisotopic (exact) mass is 417 g/mol. The molecule has 0 saturated carbocycles. The molecule has 2 aromatic rings. The third-order valence-electron chi connectivity index (χ3n) is 4.97. The summed E-state index contributed by atoms with van der Waals surface area (Å²) in [7, 11) is 1.65. The van der Waals surface area contributed by atoms with Gasteiger partial charge in [-0.2, -0.15) is 0 Å². The van der Waals surface area contributed by atoms with Crippen LogP contribution in [-0.2, 0) is 4.79 Å². The van der Waals surface area contributed by atoms with Crippen LogP contribution in [0.2, 0.25) is 5.02 Å². The number of rotatable bonds is 8. The van der Waals surface area contributed by atoms with Crippen molar-refractivity contribution in [2.45, 2.75) is 6.92 Å². The summed E-state index contributed by atoms with van der Waals surface area (Å²) in [6, 6.07) is 13.2. The largest absolute Gasteiger partial charge is 0.497 e. The molecule has 1 heterocycles. The molecular weight excluding hydrogens is 390 g/mol. The van der Waals surface area contributed by atoms with Crippen molar-refractivity contribution in [3.05, 3.63) is 53.1 Å². The highest BCUT2D eigenvalue weighted by Gasteiger charge is 2.19. The average Bonchev–Trinajstić information content (AvgIpc) is 2.72. The Bertz CT molecular complexity index is 805. The minimum absolute atomic E-state index is 0.0351. The first-order valence-corrected chi connectivity index (χ1v) is 10.2. The molecule has 1 saturated heterocycles. The van der Waals surface area contributed by atoms with Crippen molar-refractivity contribution in [2.75, 3.05) is 58.3 Å². The Balaban J connectivity index is 1.34. The number of amides is 1. The van der Waals surface area contributed by atoms with Crippen molar-refractivity contribution in [1.82, 2.24) is 9.80 Å². The van der Waals surface area contributed by atoms with E-state index >= 15 is 0 Å². The van der Waals surface area contributed by atoms with Gasteiger partial charge in [-0.15, -0.1) is 0 Å². The molecule has 1 aliphatic rings. The first kappa shape index (κ1) is 21.4. The molecule has 0 spiro atoms. The smallest absolute Gasteiger partial charge is 0.238 e. The predicted octanol–water partition coefficient (Wildman–Crippen LogP) is 3.29. The maximum Gasteiger partial charge on any atom is 0.238 e. The summed E-state index contributed by atoms with van der Waals surface area (Å²) in [4.78, 5) is 16.8. The quantitative estimate of drug-likeness (QED) is 0.714. The SMILES string of the molecule is COc1ccc(OCCN2CCN(CC(=O)Nc3ccc(C)cc3Cl)CC2)cc1. The molecule has 1 aliphatic heterocycles. The summed E-state index contributed by atoms with van der Waals surface area (Å²) >= 11 is 6.19. The first-order valence-electron chi connectivity index (χ1n) is 9.81. The van der Waals surface area contributed by atoms with E-state index in [4.69, 9.17) is 21.1 Å². The van der Waals surface area contributed by atoms with Gasteiger partial charge in [-0.05, 0) is 48.9 Å². The van der Waals surface area contributed by atoms with Crippen molar-refractivity contribution in [1.29, 1.82) is 0 Å². The molecule has 0 unspecified atom stereocenters. The van der Waals surface area contributed by atoms with E-state index in [1.54, 1.807) is 7.11 Å². The van der Waals surface area contributed by atoms with Gasteiger partial charge in [0, 0.05) is 32.7 Å². The number of hydrogen-bond donors (Lipinski definition) is 1. The average molecular weight is 418 g/mol. The summed E-state index contributed by atoms with van der Waals surface area (Å²) in [5.74, 6) is 1.63. The lowest BCUT2D eigenvalue weighted by Gasteiger charge is -2.34. The summed E-state index contributed by atoms with van der Waals surface area (Å²) in [6.45, 7) is 7.41. The number of aryl methyl sites for hydroxylation is 1. The third kappa shape index (κ3) is 6.63. The maximum absolute atomic E-state index is 12.3. The van der Waals surface area contributed by atoms with E-state index < -0.39 is 0 Å². The number of nitrogens with one attached hydrogen (secondary N) is 1. The predicted molar refractivity (Wildman–Crippen MR) is 116 cm³/mol. The van der Waals surface area contributed by atoms with Crippen LogP contribution >= 0.6 is 11.6 Å². The van der Waals surface area contributed by atoms with E-state index in [-0.39, 0.29) is 5.91 Å². The van der Waals surface area contributed by atoms with Gasteiger partial charge < -0.3 is 14.8 Å². The van der Waals surface area contributed by atoms with E-state index in [1.165, 1.54) is 0 Å². The Morgan fingerprint density at radius 3 is 2.34 bits per heavy atom. The molecule has 1 N–H and O–H groups in total. The van der Waals surface area contributed by atoms with Gasteiger partial charge in [-0.3, -0.25) is 14.6 Å². The van der Waals surface area contributed by atoms with E-state index in [1.807, 2.05) is 49.4 Å². The number of piperazine rings is 1. The lowest BCUT2D eigenvalue weighted by molar-refractivity contribution is -0.117. The zero-order chi connectivity index (χ0) is 20.6. The first-order chi connectivity index (χ1) is 14.0. The molecule has 1 fully saturated rings. The van der Waals surface area contributed by atoms with Gasteiger partial charge in [0.1, 0.15) is 18.1 Å². The lowest BCUT2D eigenvalue weighted by atomic mass is 10.2. The molecule has 0 atom stereocenters. The standard InChI is InChI=1S/C22H28ClN3O3/c1-17-3-8-21(20(23)15-17)24-22(27)16-26-11-9-25(10-12-26)13-14-29-19-6-4-18(28-2)5-7-19/h3-8,15H,9-14,16H2,1-2H3,(H,24,27). The second-order valence-electron chi connectivity index (χ2n) is 7.17. The lowest BCUT2D eigenvalue weighted by Crippen LogP contribution is -2.49. The Kier molecular flexibility index (Phi) is 7.75. The molecule has 29 heavy (non-hydrogen) atoms. The molecule has 2 aromatic carbocycles. The number of benzene rings is 2. The van der Waals surface area contributed by atoms with Crippen LogP contribution in [0.4, 0.5) is 5.69 Å². The topological polar surface area (TPSA) is 54.0 Å². The molecule has 7 heteroatoms. The van der Waals surface area contributed by atoms with Gasteiger partial charge in [0.2, 0.25) is 5.91 Å². The fraction of sp³-hybridized carbons (Fsp3) is 0.409. The van der Waals surface area contributed by atoms with E-state index in [9.17, 15) is 4.79 Å². The van der Waals surface area contributed by atoms with E-state index in [2.05, 4.69) is 15.1 Å². The molecule has 0 radical (unpaired) electrons. The highest BCUT2D eigenvalue weighted by atomic mass is 35.5. The Morgan fingerprint density at radius 2 is 1.69 bits per heavy atom. The van der Waals surface area contributed by atoms with Crippen molar-refractivity contribution in [2.24, 2.45) is 0 Å². The number of nitrogens with zero attached hydrogens (tertiary/aromatic N) is 2. The number of carbonyl (C=O) groups excluding carboxylic acids is 1. The van der Waals surface area contributed by atoms with Crippen molar-refractivity contribution < 1.29 is 14.3 Å². The van der Waals surface area contributed by atoms with Gasteiger partial charge in [0.25, 0.3) is 0 Å². The molecular formula is C22H28ClN3O3. The summed E-state index contributed by atoms with van der Waals surface area (Å²) in [5, 5.41) is 3.47. The van der Waals surface area contributed by atoms with Crippen LogP contribution in [0.5, 0.6) is 11.5 Å². The molecule has 0 aromatic heterocycles. The summed E-state index contributed by atoms with van der Waals surface area (Å²) in [6.07, 6.45) is 0. The van der Waals surface area contributed by atoms with Crippen molar-refractivity contribution in [3.8, 4) is 11.5 Å². The van der Waals surface area contributed by atoms with Crippen LogP contribution in [0.25, 0.3) is 0 Å². The highest BCUT2D eigenvalue weighted by molar-refractivity contribution is 6.33. The number of anilines is 1. The normalized spacial score (nSPS) is 15.1. The Hall–Kier alpha value is -2.28. The summed E-state index contributed by atoms with van der Waals surface area (Å²) < 4.78 is 10.9. The van der Waals surface area contributed by atoms with E-state index in [0.29, 0.717) is 23.9 Å². The molecule has 0 aliphatic carbocycles. The number of methoxy groups -OCH3 is 1. The zero-order valence-corrected chi connectivity index (χ0v) is 17.7. The molecule has 156 valence electrons. The highest BCUT2D eigenvalue weighted by Crippen LogP contribution is 2.22. The fourth-order valence-corrected chi connectivity index (χ4v) is 3.53. The second kappa shape index (κ2) is 10.5. The number of ether oxygens (including phenoxy) is 2. The molecule has 6 nitrogen and oxygen atoms in total.